The molecule has 0 saturated heterocycles. The molecule has 19 heavy (non-hydrogen) atoms. The Morgan fingerprint density at radius 1 is 1.32 bits per heavy atom. The van der Waals surface area contributed by atoms with E-state index in [0.29, 0.717) is 12.6 Å². The van der Waals surface area contributed by atoms with Crippen LogP contribution in [0.1, 0.15) is 25.0 Å². The fraction of sp³-hybridized carbons (Fsp3) is 0.500. The summed E-state index contributed by atoms with van der Waals surface area (Å²) in [6.45, 7) is 5.74. The van der Waals surface area contributed by atoms with E-state index in [4.69, 9.17) is 5.26 Å². The van der Waals surface area contributed by atoms with Gasteiger partial charge in [0.2, 0.25) is 0 Å². The van der Waals surface area contributed by atoms with E-state index in [2.05, 4.69) is 24.1 Å². The second-order valence-corrected chi connectivity index (χ2v) is 4.78. The molecular formula is C14H19F2N3. The number of nitrogens with zero attached hydrogens (tertiary/aromatic N) is 2. The quantitative estimate of drug-likeness (QED) is 0.804. The van der Waals surface area contributed by atoms with Gasteiger partial charge in [-0.3, -0.25) is 0 Å². The molecule has 0 heterocycles. The molecule has 0 radical (unpaired) electrons. The molecular weight excluding hydrogens is 248 g/mol. The number of nitriles is 1. The van der Waals surface area contributed by atoms with Gasteiger partial charge < -0.3 is 10.2 Å². The summed E-state index contributed by atoms with van der Waals surface area (Å²) in [5, 5.41) is 11.6. The van der Waals surface area contributed by atoms with Crippen molar-refractivity contribution < 1.29 is 8.78 Å². The van der Waals surface area contributed by atoms with Gasteiger partial charge in [0, 0.05) is 31.2 Å². The maximum Gasteiger partial charge on any atom is 0.131 e. The molecule has 1 aromatic carbocycles. The summed E-state index contributed by atoms with van der Waals surface area (Å²) in [5.74, 6) is -1.36. The van der Waals surface area contributed by atoms with Crippen molar-refractivity contribution >= 4 is 0 Å². The fourth-order valence-corrected chi connectivity index (χ4v) is 1.56. The van der Waals surface area contributed by atoms with Gasteiger partial charge in [-0.1, -0.05) is 0 Å². The molecule has 1 rings (SSSR count). The minimum atomic E-state index is -0.679. The summed E-state index contributed by atoms with van der Waals surface area (Å²) in [6, 6.07) is 4.27. The van der Waals surface area contributed by atoms with Crippen LogP contribution in [0.5, 0.6) is 0 Å². The predicted molar refractivity (Wildman–Crippen MR) is 70.5 cm³/mol. The van der Waals surface area contributed by atoms with Gasteiger partial charge in [-0.25, -0.2) is 8.78 Å². The zero-order valence-electron chi connectivity index (χ0n) is 11.5. The average molecular weight is 267 g/mol. The van der Waals surface area contributed by atoms with Gasteiger partial charge in [0.1, 0.15) is 11.6 Å². The summed E-state index contributed by atoms with van der Waals surface area (Å²) in [6.07, 6.45) is 0. The fourth-order valence-electron chi connectivity index (χ4n) is 1.56. The summed E-state index contributed by atoms with van der Waals surface area (Å²) < 4.78 is 27.1. The highest BCUT2D eigenvalue weighted by Crippen LogP contribution is 2.14. The molecule has 0 amide bonds. The lowest BCUT2D eigenvalue weighted by molar-refractivity contribution is 0.273. The predicted octanol–water partition coefficient (Wildman–Crippen LogP) is 2.27. The topological polar surface area (TPSA) is 39.1 Å². The maximum atomic E-state index is 13.6. The lowest BCUT2D eigenvalue weighted by Gasteiger charge is -2.21. The van der Waals surface area contributed by atoms with E-state index in [1.54, 1.807) is 6.07 Å². The first kappa shape index (κ1) is 15.5. The first-order chi connectivity index (χ1) is 8.95. The molecule has 0 spiro atoms. The Morgan fingerprint density at radius 2 is 1.89 bits per heavy atom. The van der Waals surface area contributed by atoms with Gasteiger partial charge in [-0.2, -0.15) is 5.26 Å². The van der Waals surface area contributed by atoms with E-state index in [0.717, 1.165) is 18.7 Å². The van der Waals surface area contributed by atoms with Crippen LogP contribution in [-0.2, 0) is 6.54 Å². The third-order valence-electron chi connectivity index (χ3n) is 3.09. The maximum absolute atomic E-state index is 13.6. The standard InChI is InChI=1S/C14H19F2N3/c1-10(2)19(3)5-4-18-9-12-13(15)6-11(8-17)7-14(12)16/h6-7,10,18H,4-5,9H2,1-3H3. The van der Waals surface area contributed by atoms with Crippen LogP contribution in [0.15, 0.2) is 12.1 Å². The van der Waals surface area contributed by atoms with E-state index >= 15 is 0 Å². The van der Waals surface area contributed by atoms with Crippen molar-refractivity contribution in [1.82, 2.24) is 10.2 Å². The van der Waals surface area contributed by atoms with Gasteiger partial charge in [-0.05, 0) is 33.0 Å². The minimum absolute atomic E-state index is 0.00158. The van der Waals surface area contributed by atoms with Crippen molar-refractivity contribution in [3.8, 4) is 6.07 Å². The van der Waals surface area contributed by atoms with E-state index in [1.165, 1.54) is 0 Å². The summed E-state index contributed by atoms with van der Waals surface area (Å²) in [7, 11) is 2.00. The monoisotopic (exact) mass is 267 g/mol. The highest BCUT2D eigenvalue weighted by Gasteiger charge is 2.11. The molecule has 0 saturated carbocycles. The molecule has 0 aliphatic carbocycles. The molecule has 0 aromatic heterocycles. The molecule has 1 N–H and O–H groups in total. The Labute approximate surface area is 112 Å². The van der Waals surface area contributed by atoms with Crippen molar-refractivity contribution in [3.63, 3.8) is 0 Å². The third-order valence-corrected chi connectivity index (χ3v) is 3.09. The van der Waals surface area contributed by atoms with Gasteiger partial charge in [-0.15, -0.1) is 0 Å². The first-order valence-corrected chi connectivity index (χ1v) is 6.24. The van der Waals surface area contributed by atoms with Crippen LogP contribution >= 0.6 is 0 Å². The van der Waals surface area contributed by atoms with Crippen LogP contribution in [-0.4, -0.2) is 31.1 Å². The zero-order chi connectivity index (χ0) is 14.4. The molecule has 0 fully saturated rings. The minimum Gasteiger partial charge on any atom is -0.311 e. The number of nitrogens with one attached hydrogen (secondary N) is 1. The van der Waals surface area contributed by atoms with Crippen LogP contribution in [0.3, 0.4) is 0 Å². The lowest BCUT2D eigenvalue weighted by atomic mass is 10.1. The number of halogens is 2. The lowest BCUT2D eigenvalue weighted by Crippen LogP contribution is -2.33. The van der Waals surface area contributed by atoms with Gasteiger partial charge in [0.15, 0.2) is 0 Å². The van der Waals surface area contributed by atoms with Crippen LogP contribution in [0, 0.1) is 23.0 Å². The van der Waals surface area contributed by atoms with Gasteiger partial charge in [0.25, 0.3) is 0 Å². The number of hydrogen-bond acceptors (Lipinski definition) is 3. The van der Waals surface area contributed by atoms with E-state index in [1.807, 2.05) is 7.05 Å². The molecule has 0 unspecified atom stereocenters. The smallest absolute Gasteiger partial charge is 0.131 e. The van der Waals surface area contributed by atoms with Gasteiger partial charge in [0.05, 0.1) is 11.6 Å². The Balaban J connectivity index is 2.53. The van der Waals surface area contributed by atoms with E-state index < -0.39 is 11.6 Å². The Bertz CT molecular complexity index is 443. The van der Waals surface area contributed by atoms with Crippen LogP contribution in [0.2, 0.25) is 0 Å². The molecule has 1 aromatic rings. The van der Waals surface area contributed by atoms with Crippen LogP contribution < -0.4 is 5.32 Å². The number of likely N-dealkylation sites (N-methyl/N-ethyl adjacent to an activating group) is 1. The van der Waals surface area contributed by atoms with Crippen molar-refractivity contribution in [2.75, 3.05) is 20.1 Å². The average Bonchev–Trinajstić information content (AvgIpc) is 2.36. The molecule has 3 nitrogen and oxygen atoms in total. The number of benzene rings is 1. The van der Waals surface area contributed by atoms with Crippen molar-refractivity contribution in [3.05, 3.63) is 34.9 Å². The van der Waals surface area contributed by atoms with E-state index in [9.17, 15) is 8.78 Å². The van der Waals surface area contributed by atoms with Gasteiger partial charge >= 0.3 is 0 Å². The third kappa shape index (κ3) is 4.58. The number of rotatable bonds is 6. The van der Waals surface area contributed by atoms with Crippen molar-refractivity contribution in [2.45, 2.75) is 26.4 Å². The highest BCUT2D eigenvalue weighted by atomic mass is 19.1. The number of hydrogen-bond donors (Lipinski definition) is 1. The molecule has 104 valence electrons. The SMILES string of the molecule is CC(C)N(C)CCNCc1c(F)cc(C#N)cc1F. The second-order valence-electron chi connectivity index (χ2n) is 4.78. The second kappa shape index (κ2) is 7.17. The molecule has 5 heteroatoms. The van der Waals surface area contributed by atoms with Crippen LogP contribution in [0.25, 0.3) is 0 Å². The Morgan fingerprint density at radius 3 is 2.37 bits per heavy atom. The first-order valence-electron chi connectivity index (χ1n) is 6.24. The highest BCUT2D eigenvalue weighted by molar-refractivity contribution is 5.34. The van der Waals surface area contributed by atoms with Crippen molar-refractivity contribution in [1.29, 1.82) is 5.26 Å². The normalized spacial score (nSPS) is 11.1. The zero-order valence-corrected chi connectivity index (χ0v) is 11.5. The summed E-state index contributed by atoms with van der Waals surface area (Å²) in [4.78, 5) is 2.14. The van der Waals surface area contributed by atoms with Crippen molar-refractivity contribution in [2.24, 2.45) is 0 Å². The molecule has 0 aliphatic rings. The Kier molecular flexibility index (Phi) is 5.87. The largest absolute Gasteiger partial charge is 0.311 e. The molecule has 0 atom stereocenters. The molecule has 0 bridgehead atoms. The van der Waals surface area contributed by atoms with E-state index in [-0.39, 0.29) is 17.7 Å². The summed E-state index contributed by atoms with van der Waals surface area (Å²) >= 11 is 0. The van der Waals surface area contributed by atoms with Crippen LogP contribution in [0.4, 0.5) is 8.78 Å². The Hall–Kier alpha value is -1.51. The summed E-state index contributed by atoms with van der Waals surface area (Å²) in [5.41, 5.74) is -0.0236. The molecule has 0 aliphatic heterocycles.